The quantitative estimate of drug-likeness (QED) is 0.909. The van der Waals surface area contributed by atoms with Gasteiger partial charge < -0.3 is 10.2 Å². The van der Waals surface area contributed by atoms with Gasteiger partial charge in [-0.2, -0.15) is 5.10 Å². The number of piperidine rings is 1. The van der Waals surface area contributed by atoms with Gasteiger partial charge in [-0.25, -0.2) is 4.68 Å². The Morgan fingerprint density at radius 2 is 2.21 bits per heavy atom. The van der Waals surface area contributed by atoms with Crippen molar-refractivity contribution >= 4 is 21.6 Å². The van der Waals surface area contributed by atoms with Gasteiger partial charge in [-0.3, -0.25) is 4.79 Å². The lowest BCUT2D eigenvalue weighted by Gasteiger charge is -2.29. The lowest BCUT2D eigenvalue weighted by atomic mass is 9.97. The van der Waals surface area contributed by atoms with E-state index in [2.05, 4.69) is 31.2 Å². The molecule has 1 aromatic heterocycles. The first-order valence-corrected chi connectivity index (χ1v) is 7.60. The van der Waals surface area contributed by atoms with Gasteiger partial charge in [0.05, 0.1) is 11.9 Å². The van der Waals surface area contributed by atoms with Crippen LogP contribution in [0.2, 0.25) is 0 Å². The highest BCUT2D eigenvalue weighted by Gasteiger charge is 2.18. The lowest BCUT2D eigenvalue weighted by Crippen LogP contribution is -2.35. The van der Waals surface area contributed by atoms with Crippen LogP contribution < -0.4 is 15.8 Å². The number of anilines is 1. The standard InChI is InChI=1S/C13H21BrN4O/c1-3-18-13(19)12(14)11(8-16-18)17(2)9-10-4-6-15-7-5-10/h8,10,15H,3-7,9H2,1-2H3. The van der Waals surface area contributed by atoms with E-state index >= 15 is 0 Å². The maximum Gasteiger partial charge on any atom is 0.283 e. The van der Waals surface area contributed by atoms with E-state index in [4.69, 9.17) is 0 Å². The van der Waals surface area contributed by atoms with Crippen molar-refractivity contribution in [3.05, 3.63) is 21.0 Å². The minimum atomic E-state index is -0.0582. The van der Waals surface area contributed by atoms with Crippen molar-refractivity contribution in [2.24, 2.45) is 5.92 Å². The van der Waals surface area contributed by atoms with Gasteiger partial charge in [-0.05, 0) is 54.7 Å². The van der Waals surface area contributed by atoms with Crippen LogP contribution in [0.1, 0.15) is 19.8 Å². The number of nitrogens with one attached hydrogen (secondary N) is 1. The smallest absolute Gasteiger partial charge is 0.283 e. The van der Waals surface area contributed by atoms with Gasteiger partial charge in [-0.1, -0.05) is 0 Å². The number of rotatable bonds is 4. The molecule has 1 saturated heterocycles. The summed E-state index contributed by atoms with van der Waals surface area (Å²) in [5, 5.41) is 7.56. The molecule has 6 heteroatoms. The van der Waals surface area contributed by atoms with Crippen LogP contribution in [-0.4, -0.2) is 36.5 Å². The number of aryl methyl sites for hydroxylation is 1. The van der Waals surface area contributed by atoms with Crippen molar-refractivity contribution in [3.8, 4) is 0 Å². The summed E-state index contributed by atoms with van der Waals surface area (Å²) in [5.41, 5.74) is 0.824. The van der Waals surface area contributed by atoms with Crippen LogP contribution in [0.25, 0.3) is 0 Å². The van der Waals surface area contributed by atoms with Gasteiger partial charge in [0.25, 0.3) is 5.56 Å². The molecule has 1 N–H and O–H groups in total. The van der Waals surface area contributed by atoms with Gasteiger partial charge in [-0.15, -0.1) is 0 Å². The molecule has 1 aliphatic heterocycles. The van der Waals surface area contributed by atoms with Crippen LogP contribution in [0, 0.1) is 5.92 Å². The van der Waals surface area contributed by atoms with E-state index < -0.39 is 0 Å². The fourth-order valence-electron chi connectivity index (χ4n) is 2.50. The fourth-order valence-corrected chi connectivity index (χ4v) is 3.11. The molecule has 1 fully saturated rings. The van der Waals surface area contributed by atoms with E-state index in [1.54, 1.807) is 6.20 Å². The first-order chi connectivity index (χ1) is 9.13. The van der Waals surface area contributed by atoms with Crippen LogP contribution in [0.15, 0.2) is 15.5 Å². The molecule has 0 amide bonds. The van der Waals surface area contributed by atoms with Crippen LogP contribution >= 0.6 is 15.9 Å². The number of hydrogen-bond donors (Lipinski definition) is 1. The molecule has 0 bridgehead atoms. The summed E-state index contributed by atoms with van der Waals surface area (Å²) in [6, 6.07) is 0. The van der Waals surface area contributed by atoms with Gasteiger partial charge in [0.2, 0.25) is 0 Å². The lowest BCUT2D eigenvalue weighted by molar-refractivity contribution is 0.377. The molecule has 2 heterocycles. The van der Waals surface area contributed by atoms with Gasteiger partial charge >= 0.3 is 0 Å². The summed E-state index contributed by atoms with van der Waals surface area (Å²) in [7, 11) is 2.03. The van der Waals surface area contributed by atoms with Crippen molar-refractivity contribution in [2.45, 2.75) is 26.3 Å². The highest BCUT2D eigenvalue weighted by Crippen LogP contribution is 2.23. The van der Waals surface area contributed by atoms with Crippen LogP contribution in [0.4, 0.5) is 5.69 Å². The van der Waals surface area contributed by atoms with Crippen LogP contribution in [0.3, 0.4) is 0 Å². The van der Waals surface area contributed by atoms with E-state index in [0.717, 1.165) is 25.3 Å². The molecule has 1 aliphatic rings. The number of halogens is 1. The summed E-state index contributed by atoms with van der Waals surface area (Å²) >= 11 is 3.41. The number of hydrogen-bond acceptors (Lipinski definition) is 4. The molecule has 1 aromatic rings. The zero-order valence-corrected chi connectivity index (χ0v) is 13.1. The number of nitrogens with zero attached hydrogens (tertiary/aromatic N) is 3. The molecular formula is C13H21BrN4O. The molecule has 0 aliphatic carbocycles. The second kappa shape index (κ2) is 6.52. The molecular weight excluding hydrogens is 308 g/mol. The zero-order chi connectivity index (χ0) is 13.8. The van der Waals surface area contributed by atoms with E-state index in [1.807, 2.05) is 14.0 Å². The SMILES string of the molecule is CCn1ncc(N(C)CC2CCNCC2)c(Br)c1=O. The predicted octanol–water partition coefficient (Wildman–Crippen LogP) is 1.46. The molecule has 0 saturated carbocycles. The van der Waals surface area contributed by atoms with E-state index in [0.29, 0.717) is 16.9 Å². The molecule has 0 spiro atoms. The maximum absolute atomic E-state index is 12.0. The zero-order valence-electron chi connectivity index (χ0n) is 11.5. The topological polar surface area (TPSA) is 50.2 Å². The third kappa shape index (κ3) is 3.36. The second-order valence-corrected chi connectivity index (χ2v) is 5.83. The minimum Gasteiger partial charge on any atom is -0.372 e. The first kappa shape index (κ1) is 14.5. The Balaban J connectivity index is 2.12. The Bertz CT molecular complexity index is 482. The summed E-state index contributed by atoms with van der Waals surface area (Å²) in [4.78, 5) is 14.2. The Morgan fingerprint density at radius 1 is 1.53 bits per heavy atom. The maximum atomic E-state index is 12.0. The molecule has 19 heavy (non-hydrogen) atoms. The highest BCUT2D eigenvalue weighted by molar-refractivity contribution is 9.10. The van der Waals surface area contributed by atoms with Crippen molar-refractivity contribution < 1.29 is 0 Å². The average Bonchev–Trinajstić information content (AvgIpc) is 2.42. The number of aromatic nitrogens is 2. The third-order valence-electron chi connectivity index (χ3n) is 3.67. The van der Waals surface area contributed by atoms with E-state index in [9.17, 15) is 4.79 Å². The fraction of sp³-hybridized carbons (Fsp3) is 0.692. The molecule has 106 valence electrons. The van der Waals surface area contributed by atoms with Crippen LogP contribution in [0.5, 0.6) is 0 Å². The summed E-state index contributed by atoms with van der Waals surface area (Å²) in [5.74, 6) is 0.687. The first-order valence-electron chi connectivity index (χ1n) is 6.81. The van der Waals surface area contributed by atoms with Crippen molar-refractivity contribution in [1.82, 2.24) is 15.1 Å². The molecule has 2 rings (SSSR count). The highest BCUT2D eigenvalue weighted by atomic mass is 79.9. The van der Waals surface area contributed by atoms with Crippen molar-refractivity contribution in [2.75, 3.05) is 31.6 Å². The van der Waals surface area contributed by atoms with Gasteiger partial charge in [0.15, 0.2) is 0 Å². The summed E-state index contributed by atoms with van der Waals surface area (Å²) in [6.07, 6.45) is 4.17. The van der Waals surface area contributed by atoms with Gasteiger partial charge in [0.1, 0.15) is 4.47 Å². The van der Waals surface area contributed by atoms with E-state index in [-0.39, 0.29) is 5.56 Å². The molecule has 5 nitrogen and oxygen atoms in total. The molecule has 0 atom stereocenters. The largest absolute Gasteiger partial charge is 0.372 e. The third-order valence-corrected chi connectivity index (χ3v) is 4.41. The van der Waals surface area contributed by atoms with Crippen LogP contribution in [-0.2, 0) is 6.54 Å². The Hall–Kier alpha value is -0.880. The molecule has 0 radical (unpaired) electrons. The monoisotopic (exact) mass is 328 g/mol. The molecule has 0 aromatic carbocycles. The Labute approximate surface area is 122 Å². The van der Waals surface area contributed by atoms with Crippen molar-refractivity contribution in [3.63, 3.8) is 0 Å². The predicted molar refractivity (Wildman–Crippen MR) is 80.7 cm³/mol. The summed E-state index contributed by atoms with van der Waals surface area (Å²) < 4.78 is 2.08. The van der Waals surface area contributed by atoms with E-state index in [1.165, 1.54) is 17.5 Å². The minimum absolute atomic E-state index is 0.0582. The second-order valence-electron chi connectivity index (χ2n) is 5.04. The Morgan fingerprint density at radius 3 is 2.84 bits per heavy atom. The Kier molecular flexibility index (Phi) is 4.99. The normalized spacial score (nSPS) is 16.6. The molecule has 0 unspecified atom stereocenters. The van der Waals surface area contributed by atoms with Crippen molar-refractivity contribution in [1.29, 1.82) is 0 Å². The summed E-state index contributed by atoms with van der Waals surface area (Å²) in [6.45, 7) is 5.66. The van der Waals surface area contributed by atoms with Gasteiger partial charge in [0, 0.05) is 20.1 Å². The average molecular weight is 329 g/mol.